The molecule has 2 N–H and O–H groups in total. The third kappa shape index (κ3) is 7.14. The number of hydrogen-bond donors (Lipinski definition) is 2. The largest absolute Gasteiger partial charge is 0.465 e. The first kappa shape index (κ1) is 34.7. The van der Waals surface area contributed by atoms with Crippen LogP contribution in [-0.4, -0.2) is 90.8 Å². The van der Waals surface area contributed by atoms with Gasteiger partial charge in [0, 0.05) is 36.8 Å². The summed E-state index contributed by atoms with van der Waals surface area (Å²) >= 11 is 13.2. The van der Waals surface area contributed by atoms with Crippen molar-refractivity contribution < 1.29 is 37.7 Å². The van der Waals surface area contributed by atoms with E-state index in [9.17, 15) is 37.8 Å². The smallest absolute Gasteiger partial charge is 0.407 e. The van der Waals surface area contributed by atoms with E-state index in [1.807, 2.05) is 0 Å². The molecule has 6 rings (SSSR count). The van der Waals surface area contributed by atoms with Crippen LogP contribution in [0.3, 0.4) is 0 Å². The number of carbonyl (C=O) groups excluding carboxylic acids is 1. The lowest BCUT2D eigenvalue weighted by Crippen LogP contribution is -2.50. The Labute approximate surface area is 288 Å². The van der Waals surface area contributed by atoms with Crippen LogP contribution in [0.15, 0.2) is 65.7 Å². The van der Waals surface area contributed by atoms with Crippen molar-refractivity contribution in [1.29, 1.82) is 0 Å². The number of likely N-dealkylation sites (tertiary alicyclic amines) is 1. The van der Waals surface area contributed by atoms with E-state index in [1.165, 1.54) is 55.6 Å². The Morgan fingerprint density at radius 3 is 2.43 bits per heavy atom. The maximum atomic E-state index is 13.8. The molecule has 2 amide bonds. The first-order valence-electron chi connectivity index (χ1n) is 15.5. The third-order valence-electron chi connectivity index (χ3n) is 9.20. The molecule has 4 heterocycles. The van der Waals surface area contributed by atoms with Gasteiger partial charge in [-0.1, -0.05) is 59.6 Å². The number of halogens is 5. The van der Waals surface area contributed by atoms with Gasteiger partial charge >= 0.3 is 12.3 Å². The summed E-state index contributed by atoms with van der Waals surface area (Å²) < 4.78 is 49.7. The van der Waals surface area contributed by atoms with E-state index in [-0.39, 0.29) is 79.0 Å². The highest BCUT2D eigenvalue weighted by atomic mass is 35.5. The SMILES string of the molecule is O=C(CC(c1ccccc1)C(F)(F)F)N1CCC(O)(Cn2cnc3c(cc(Cl)n3-c3ccc([C@H]4COCCN4C(=O)O)c(Cl)c3)c2=O)CC1. The minimum atomic E-state index is -4.60. The van der Waals surface area contributed by atoms with Crippen LogP contribution < -0.4 is 5.56 Å². The fourth-order valence-corrected chi connectivity index (χ4v) is 7.11. The molecule has 0 spiro atoms. The van der Waals surface area contributed by atoms with Crippen molar-refractivity contribution in [3.05, 3.63) is 92.6 Å². The second-order valence-corrected chi connectivity index (χ2v) is 13.1. The van der Waals surface area contributed by atoms with Crippen LogP contribution in [0.5, 0.6) is 0 Å². The lowest BCUT2D eigenvalue weighted by atomic mass is 9.89. The Kier molecular flexibility index (Phi) is 9.68. The zero-order valence-electron chi connectivity index (χ0n) is 25.9. The van der Waals surface area contributed by atoms with Gasteiger partial charge in [0.2, 0.25) is 5.91 Å². The minimum Gasteiger partial charge on any atom is -0.465 e. The van der Waals surface area contributed by atoms with Crippen molar-refractivity contribution >= 4 is 46.2 Å². The average Bonchev–Trinajstić information content (AvgIpc) is 3.41. The summed E-state index contributed by atoms with van der Waals surface area (Å²) in [4.78, 5) is 45.3. The van der Waals surface area contributed by atoms with Gasteiger partial charge in [-0.25, -0.2) is 9.78 Å². The van der Waals surface area contributed by atoms with E-state index in [0.29, 0.717) is 11.3 Å². The second kappa shape index (κ2) is 13.7. The zero-order chi connectivity index (χ0) is 35.1. The third-order valence-corrected chi connectivity index (χ3v) is 9.81. The molecule has 16 heteroatoms. The second-order valence-electron chi connectivity index (χ2n) is 12.3. The van der Waals surface area contributed by atoms with Crippen molar-refractivity contribution in [3.8, 4) is 5.69 Å². The van der Waals surface area contributed by atoms with E-state index >= 15 is 0 Å². The first-order chi connectivity index (χ1) is 23.3. The minimum absolute atomic E-state index is 0.00908. The van der Waals surface area contributed by atoms with E-state index in [2.05, 4.69) is 4.98 Å². The normalized spacial score (nSPS) is 18.9. The van der Waals surface area contributed by atoms with E-state index < -0.39 is 47.7 Å². The summed E-state index contributed by atoms with van der Waals surface area (Å²) in [6.07, 6.45) is -5.07. The van der Waals surface area contributed by atoms with E-state index in [1.54, 1.807) is 24.3 Å². The molecular formula is C33H32Cl2F3N5O6. The Balaban J connectivity index is 1.16. The molecule has 49 heavy (non-hydrogen) atoms. The fourth-order valence-electron chi connectivity index (χ4n) is 6.52. The summed E-state index contributed by atoms with van der Waals surface area (Å²) in [5.74, 6) is -2.61. The lowest BCUT2D eigenvalue weighted by Gasteiger charge is -2.39. The van der Waals surface area contributed by atoms with Crippen LogP contribution in [0.25, 0.3) is 16.7 Å². The summed E-state index contributed by atoms with van der Waals surface area (Å²) in [7, 11) is 0. The van der Waals surface area contributed by atoms with E-state index in [4.69, 9.17) is 27.9 Å². The summed E-state index contributed by atoms with van der Waals surface area (Å²) in [5, 5.41) is 21.6. The van der Waals surface area contributed by atoms with Gasteiger partial charge in [-0.3, -0.25) is 23.6 Å². The quantitative estimate of drug-likeness (QED) is 0.253. The number of rotatable bonds is 7. The number of benzene rings is 2. The highest BCUT2D eigenvalue weighted by Crippen LogP contribution is 2.38. The predicted octanol–water partition coefficient (Wildman–Crippen LogP) is 5.64. The maximum absolute atomic E-state index is 13.8. The molecule has 0 radical (unpaired) electrons. The predicted molar refractivity (Wildman–Crippen MR) is 174 cm³/mol. The van der Waals surface area contributed by atoms with Gasteiger partial charge in [0.1, 0.15) is 11.5 Å². The van der Waals surface area contributed by atoms with Crippen LogP contribution >= 0.6 is 23.2 Å². The number of aromatic nitrogens is 3. The number of fused-ring (bicyclic) bond motifs is 1. The fraction of sp³-hybridized carbons (Fsp3) is 0.394. The Morgan fingerprint density at radius 1 is 1.06 bits per heavy atom. The zero-order valence-corrected chi connectivity index (χ0v) is 27.5. The maximum Gasteiger partial charge on any atom is 0.407 e. The van der Waals surface area contributed by atoms with Crippen LogP contribution in [-0.2, 0) is 16.1 Å². The lowest BCUT2D eigenvalue weighted by molar-refractivity contribution is -0.162. The van der Waals surface area contributed by atoms with Gasteiger partial charge < -0.3 is 19.8 Å². The molecule has 0 saturated carbocycles. The molecule has 2 saturated heterocycles. The molecule has 2 atom stereocenters. The van der Waals surface area contributed by atoms with Crippen molar-refractivity contribution in [3.63, 3.8) is 0 Å². The topological polar surface area (TPSA) is 130 Å². The first-order valence-corrected chi connectivity index (χ1v) is 16.3. The summed E-state index contributed by atoms with van der Waals surface area (Å²) in [6.45, 7) is 0.519. The van der Waals surface area contributed by atoms with Crippen LogP contribution in [0.4, 0.5) is 18.0 Å². The molecule has 4 aromatic rings. The number of carboxylic acid groups (broad SMARTS) is 1. The molecular weight excluding hydrogens is 690 g/mol. The number of ether oxygens (including phenoxy) is 1. The Bertz CT molecular complexity index is 1930. The van der Waals surface area contributed by atoms with Crippen molar-refractivity contribution in [2.24, 2.45) is 0 Å². The number of carbonyl (C=O) groups is 2. The summed E-state index contributed by atoms with van der Waals surface area (Å²) in [6, 6.07) is 13.1. The monoisotopic (exact) mass is 721 g/mol. The Morgan fingerprint density at radius 2 is 1.78 bits per heavy atom. The Hall–Kier alpha value is -4.11. The number of nitrogens with zero attached hydrogens (tertiary/aromatic N) is 5. The van der Waals surface area contributed by atoms with Gasteiger partial charge in [0.05, 0.1) is 42.7 Å². The van der Waals surface area contributed by atoms with Gasteiger partial charge in [0.15, 0.2) is 5.65 Å². The number of amides is 2. The standard InChI is InChI=1S/C33H32Cl2F3N5O6/c34-25-14-21(6-7-22(25)26-17-49-13-12-42(26)31(46)47)43-27(35)15-23-29(43)39-19-41(30(23)45)18-32(48)8-10-40(11-9-32)28(44)16-24(33(36,37)38)20-4-2-1-3-5-20/h1-7,14-15,19,24,26,48H,8-13,16-18H2,(H,46,47)/t24?,26-/m1/s1. The molecule has 2 aromatic heterocycles. The molecule has 11 nitrogen and oxygen atoms in total. The highest BCUT2D eigenvalue weighted by Gasteiger charge is 2.43. The number of hydrogen-bond acceptors (Lipinski definition) is 6. The molecule has 1 unspecified atom stereocenters. The molecule has 2 fully saturated rings. The van der Waals surface area contributed by atoms with Crippen LogP contribution in [0.2, 0.25) is 10.2 Å². The van der Waals surface area contributed by atoms with E-state index in [0.717, 1.165) is 0 Å². The number of piperidine rings is 1. The number of aliphatic hydroxyl groups is 1. The molecule has 2 aromatic carbocycles. The van der Waals surface area contributed by atoms with Crippen LogP contribution in [0, 0.1) is 0 Å². The van der Waals surface area contributed by atoms with Crippen molar-refractivity contribution in [2.45, 2.75) is 49.5 Å². The van der Waals surface area contributed by atoms with Crippen molar-refractivity contribution in [2.75, 3.05) is 32.8 Å². The summed E-state index contributed by atoms with van der Waals surface area (Å²) in [5.41, 5.74) is -0.627. The van der Waals surface area contributed by atoms with Gasteiger partial charge in [-0.15, -0.1) is 0 Å². The highest BCUT2D eigenvalue weighted by molar-refractivity contribution is 6.32. The van der Waals surface area contributed by atoms with Gasteiger partial charge in [-0.05, 0) is 42.2 Å². The molecule has 0 bridgehead atoms. The molecule has 2 aliphatic heterocycles. The molecule has 2 aliphatic rings. The number of morpholine rings is 1. The molecule has 260 valence electrons. The van der Waals surface area contributed by atoms with Gasteiger partial charge in [-0.2, -0.15) is 13.2 Å². The van der Waals surface area contributed by atoms with Crippen LogP contribution in [0.1, 0.15) is 42.3 Å². The average molecular weight is 723 g/mol. The van der Waals surface area contributed by atoms with Gasteiger partial charge in [0.25, 0.3) is 5.56 Å². The molecule has 0 aliphatic carbocycles. The number of alkyl halides is 3. The van der Waals surface area contributed by atoms with Crippen molar-refractivity contribution in [1.82, 2.24) is 23.9 Å².